The first-order valence-electron chi connectivity index (χ1n) is 6.62. The quantitative estimate of drug-likeness (QED) is 0.762. The Morgan fingerprint density at radius 1 is 1.29 bits per heavy atom. The molecule has 0 spiro atoms. The van der Waals surface area contributed by atoms with Crippen LogP contribution in [0.15, 0.2) is 0 Å². The first kappa shape index (κ1) is 14.2. The molecule has 17 heavy (non-hydrogen) atoms. The van der Waals surface area contributed by atoms with E-state index in [1.54, 1.807) is 6.92 Å². The van der Waals surface area contributed by atoms with Crippen molar-refractivity contribution in [3.8, 4) is 0 Å². The summed E-state index contributed by atoms with van der Waals surface area (Å²) < 4.78 is 0. The van der Waals surface area contributed by atoms with Gasteiger partial charge in [0, 0.05) is 0 Å². The highest BCUT2D eigenvalue weighted by molar-refractivity contribution is 5.89. The number of ketones is 1. The fraction of sp³-hybridized carbons (Fsp3) is 0.846. The van der Waals surface area contributed by atoms with E-state index in [1.807, 2.05) is 6.92 Å². The van der Waals surface area contributed by atoms with Crippen molar-refractivity contribution < 1.29 is 9.59 Å². The van der Waals surface area contributed by atoms with Crippen LogP contribution in [0.2, 0.25) is 0 Å². The van der Waals surface area contributed by atoms with Crippen LogP contribution in [0, 0.1) is 5.92 Å². The van der Waals surface area contributed by atoms with Crippen LogP contribution < -0.4 is 11.1 Å². The zero-order valence-corrected chi connectivity index (χ0v) is 10.9. The number of amides is 1. The van der Waals surface area contributed by atoms with Gasteiger partial charge in [-0.2, -0.15) is 0 Å². The van der Waals surface area contributed by atoms with Gasteiger partial charge in [0.25, 0.3) is 0 Å². The Kier molecular flexibility index (Phi) is 5.62. The lowest BCUT2D eigenvalue weighted by Gasteiger charge is -2.29. The van der Waals surface area contributed by atoms with E-state index in [-0.39, 0.29) is 17.7 Å². The summed E-state index contributed by atoms with van der Waals surface area (Å²) in [6.07, 6.45) is 6.22. The van der Waals surface area contributed by atoms with E-state index in [0.29, 0.717) is 12.3 Å². The topological polar surface area (TPSA) is 72.2 Å². The minimum Gasteiger partial charge on any atom is -0.345 e. The average molecular weight is 240 g/mol. The number of carbonyl (C=O) groups excluding carboxylic acids is 2. The SMILES string of the molecule is CCC(N)C(=O)NC(C(C)=O)C1CCCCC1. The Balaban J connectivity index is 2.59. The maximum absolute atomic E-state index is 11.7. The lowest BCUT2D eigenvalue weighted by molar-refractivity contribution is -0.129. The van der Waals surface area contributed by atoms with Gasteiger partial charge in [-0.25, -0.2) is 0 Å². The van der Waals surface area contributed by atoms with E-state index in [0.717, 1.165) is 25.7 Å². The molecule has 0 aliphatic heterocycles. The second kappa shape index (κ2) is 6.74. The molecule has 1 saturated carbocycles. The van der Waals surface area contributed by atoms with Crippen LogP contribution >= 0.6 is 0 Å². The summed E-state index contributed by atoms with van der Waals surface area (Å²) in [4.78, 5) is 23.4. The lowest BCUT2D eigenvalue weighted by atomic mass is 9.82. The lowest BCUT2D eigenvalue weighted by Crippen LogP contribution is -2.51. The van der Waals surface area contributed by atoms with Crippen molar-refractivity contribution in [1.29, 1.82) is 0 Å². The molecule has 1 aliphatic carbocycles. The van der Waals surface area contributed by atoms with Gasteiger partial charge in [0.05, 0.1) is 12.1 Å². The van der Waals surface area contributed by atoms with Crippen LogP contribution in [-0.4, -0.2) is 23.8 Å². The molecule has 0 radical (unpaired) electrons. The Morgan fingerprint density at radius 2 is 1.88 bits per heavy atom. The van der Waals surface area contributed by atoms with Crippen molar-refractivity contribution in [3.05, 3.63) is 0 Å². The number of hydrogen-bond acceptors (Lipinski definition) is 3. The molecule has 1 rings (SSSR count). The van der Waals surface area contributed by atoms with Gasteiger partial charge >= 0.3 is 0 Å². The highest BCUT2D eigenvalue weighted by Crippen LogP contribution is 2.26. The molecule has 98 valence electrons. The van der Waals surface area contributed by atoms with E-state index >= 15 is 0 Å². The minimum atomic E-state index is -0.500. The maximum atomic E-state index is 11.7. The molecule has 0 bridgehead atoms. The molecule has 0 aromatic carbocycles. The number of hydrogen-bond donors (Lipinski definition) is 2. The fourth-order valence-electron chi connectivity index (χ4n) is 2.46. The second-order valence-corrected chi connectivity index (χ2v) is 5.01. The van der Waals surface area contributed by atoms with Gasteiger partial charge in [0.2, 0.25) is 5.91 Å². The molecule has 4 nitrogen and oxygen atoms in total. The molecule has 1 fully saturated rings. The standard InChI is InChI=1S/C13H24N2O2/c1-3-11(14)13(17)15-12(9(2)16)10-7-5-4-6-8-10/h10-12H,3-8,14H2,1-2H3,(H,15,17). The monoisotopic (exact) mass is 240 g/mol. The van der Waals surface area contributed by atoms with E-state index in [4.69, 9.17) is 5.73 Å². The summed E-state index contributed by atoms with van der Waals surface area (Å²) in [7, 11) is 0. The Bertz CT molecular complexity index is 273. The summed E-state index contributed by atoms with van der Waals surface area (Å²) in [5.74, 6) is 0.154. The van der Waals surface area contributed by atoms with Gasteiger partial charge in [-0.3, -0.25) is 9.59 Å². The van der Waals surface area contributed by atoms with E-state index < -0.39 is 6.04 Å². The molecule has 2 unspecified atom stereocenters. The molecular formula is C13H24N2O2. The summed E-state index contributed by atoms with van der Waals surface area (Å²) in [5, 5.41) is 2.82. The third-order valence-electron chi connectivity index (χ3n) is 3.63. The summed E-state index contributed by atoms with van der Waals surface area (Å²) in [6, 6.07) is -0.833. The number of nitrogens with one attached hydrogen (secondary N) is 1. The molecule has 0 saturated heterocycles. The number of carbonyl (C=O) groups is 2. The highest BCUT2D eigenvalue weighted by atomic mass is 16.2. The Labute approximate surface area is 103 Å². The van der Waals surface area contributed by atoms with Crippen LogP contribution in [0.25, 0.3) is 0 Å². The zero-order valence-electron chi connectivity index (χ0n) is 10.9. The largest absolute Gasteiger partial charge is 0.345 e. The predicted octanol–water partition coefficient (Wildman–Crippen LogP) is 1.38. The Hall–Kier alpha value is -0.900. The average Bonchev–Trinajstić information content (AvgIpc) is 2.35. The molecule has 2 atom stereocenters. The van der Waals surface area contributed by atoms with Gasteiger partial charge in [0.15, 0.2) is 5.78 Å². The molecule has 4 heteroatoms. The van der Waals surface area contributed by atoms with Crippen LogP contribution in [-0.2, 0) is 9.59 Å². The maximum Gasteiger partial charge on any atom is 0.237 e. The molecule has 1 amide bonds. The van der Waals surface area contributed by atoms with Gasteiger partial charge in [0.1, 0.15) is 0 Å². The highest BCUT2D eigenvalue weighted by Gasteiger charge is 2.29. The van der Waals surface area contributed by atoms with Crippen LogP contribution in [0.1, 0.15) is 52.4 Å². The molecule has 0 aromatic heterocycles. The first-order chi connectivity index (χ1) is 8.06. The van der Waals surface area contributed by atoms with Crippen molar-refractivity contribution >= 4 is 11.7 Å². The van der Waals surface area contributed by atoms with Gasteiger partial charge in [-0.15, -0.1) is 0 Å². The molecule has 3 N–H and O–H groups in total. The molecular weight excluding hydrogens is 216 g/mol. The molecule has 0 heterocycles. The Morgan fingerprint density at radius 3 is 2.35 bits per heavy atom. The van der Waals surface area contributed by atoms with E-state index in [2.05, 4.69) is 5.32 Å². The predicted molar refractivity (Wildman–Crippen MR) is 67.5 cm³/mol. The van der Waals surface area contributed by atoms with Crippen molar-refractivity contribution in [3.63, 3.8) is 0 Å². The van der Waals surface area contributed by atoms with Crippen LogP contribution in [0.3, 0.4) is 0 Å². The normalized spacial score (nSPS) is 20.6. The third kappa shape index (κ3) is 4.11. The van der Waals surface area contributed by atoms with Crippen LogP contribution in [0.4, 0.5) is 0 Å². The van der Waals surface area contributed by atoms with Gasteiger partial charge < -0.3 is 11.1 Å². The van der Waals surface area contributed by atoms with E-state index in [9.17, 15) is 9.59 Å². The summed E-state index contributed by atoms with van der Waals surface area (Å²) >= 11 is 0. The van der Waals surface area contributed by atoms with Crippen LogP contribution in [0.5, 0.6) is 0 Å². The summed E-state index contributed by atoms with van der Waals surface area (Å²) in [5.41, 5.74) is 5.67. The van der Waals surface area contributed by atoms with Crippen molar-refractivity contribution in [2.24, 2.45) is 11.7 Å². The number of nitrogens with two attached hydrogens (primary N) is 1. The second-order valence-electron chi connectivity index (χ2n) is 5.01. The van der Waals surface area contributed by atoms with Gasteiger partial charge in [-0.1, -0.05) is 26.2 Å². The van der Waals surface area contributed by atoms with Gasteiger partial charge in [-0.05, 0) is 32.1 Å². The van der Waals surface area contributed by atoms with E-state index in [1.165, 1.54) is 6.42 Å². The zero-order chi connectivity index (χ0) is 12.8. The number of Topliss-reactive ketones (excluding diaryl/α,β-unsaturated/α-hetero) is 1. The minimum absolute atomic E-state index is 0.0496. The third-order valence-corrected chi connectivity index (χ3v) is 3.63. The fourth-order valence-corrected chi connectivity index (χ4v) is 2.46. The number of rotatable bonds is 5. The van der Waals surface area contributed by atoms with Crippen molar-refractivity contribution in [2.45, 2.75) is 64.5 Å². The van der Waals surface area contributed by atoms with Crippen molar-refractivity contribution in [2.75, 3.05) is 0 Å². The first-order valence-corrected chi connectivity index (χ1v) is 6.62. The summed E-state index contributed by atoms with van der Waals surface area (Å²) in [6.45, 7) is 3.42. The molecule has 0 aromatic rings. The smallest absolute Gasteiger partial charge is 0.237 e. The molecule has 1 aliphatic rings. The van der Waals surface area contributed by atoms with Crippen molar-refractivity contribution in [1.82, 2.24) is 5.32 Å².